The SMILES string of the molecule is CC(C)(C)n1c2ccccc2c2c3sc4ccccc4c3ccc21.CC(C)(C)n1c2ccccc2c2cc3c(cc21)oc1ccccc13.CC(C)(C)n1c2ccccc2c2cc3c(cc21)sc1ccccc13.CC(C)(C)n1c2ccccc2c2cc3c4ccccc4n(-c4ccccc4)c3cc21. The standard InChI is InChI=1S/C28H24N2.C22H19NO.2C22H19NS/c1-28(2,3)30-25-16-10-8-14-21(25)23-17-22-20-13-7-9-15-24(20)29(26(22)18-27(23)30)19-11-5-4-6-12-19;1-22(2,3)23-18-10-6-4-8-14(18)16-12-17-15-9-5-7-11-20(15)24-21(17)13-19(16)23;1-22(2,3)23-17-10-6-4-9-16(17)20-18(23)13-12-15-14-8-5-7-11-19(14)24-21(15)20;1-22(2,3)23-18-10-6-4-8-14(18)16-12-17-15-9-5-7-11-20(15)24-21(17)13-19(16)23/h4-18H,1-3H3;3*4-13H,1-3H3. The molecule has 0 atom stereocenters. The molecule has 8 aromatic heterocycles. The van der Waals surface area contributed by atoms with Crippen molar-refractivity contribution in [1.29, 1.82) is 0 Å². The van der Waals surface area contributed by atoms with Crippen molar-refractivity contribution in [3.05, 3.63) is 273 Å². The first kappa shape index (κ1) is 63.3. The van der Waals surface area contributed by atoms with E-state index < -0.39 is 0 Å². The van der Waals surface area contributed by atoms with E-state index >= 15 is 0 Å². The van der Waals surface area contributed by atoms with Crippen LogP contribution in [0, 0.1) is 0 Å². The summed E-state index contributed by atoms with van der Waals surface area (Å²) in [6, 6.07) is 98.9. The van der Waals surface area contributed by atoms with Gasteiger partial charge in [0, 0.05) is 161 Å². The smallest absolute Gasteiger partial charge is 0.137 e. The summed E-state index contributed by atoms with van der Waals surface area (Å²) >= 11 is 3.81. The van der Waals surface area contributed by atoms with Crippen LogP contribution < -0.4 is 0 Å². The van der Waals surface area contributed by atoms with Gasteiger partial charge in [0.05, 0.1) is 33.1 Å². The van der Waals surface area contributed by atoms with Crippen LogP contribution in [0.15, 0.2) is 277 Å². The summed E-state index contributed by atoms with van der Waals surface area (Å²) in [5, 5.41) is 21.2. The van der Waals surface area contributed by atoms with Crippen LogP contribution in [0.25, 0.3) is 177 Å². The molecular weight excluding hydrogens is 1280 g/mol. The van der Waals surface area contributed by atoms with Gasteiger partial charge in [-0.25, -0.2) is 0 Å². The van der Waals surface area contributed by atoms with Gasteiger partial charge in [0.2, 0.25) is 0 Å². The lowest BCUT2D eigenvalue weighted by Crippen LogP contribution is -2.21. The van der Waals surface area contributed by atoms with Crippen molar-refractivity contribution in [3.8, 4) is 5.69 Å². The molecule has 6 nitrogen and oxygen atoms in total. The summed E-state index contributed by atoms with van der Waals surface area (Å²) in [6.07, 6.45) is 0. The third-order valence-corrected chi connectivity index (χ3v) is 23.0. The first-order valence-electron chi connectivity index (χ1n) is 35.7. The molecular formula is C94H81N5OS2. The second kappa shape index (κ2) is 23.3. The van der Waals surface area contributed by atoms with E-state index in [0.717, 1.165) is 11.2 Å². The highest BCUT2D eigenvalue weighted by Gasteiger charge is 2.27. The first-order valence-corrected chi connectivity index (χ1v) is 37.4. The van der Waals surface area contributed by atoms with Crippen LogP contribution in [0.2, 0.25) is 0 Å². The highest BCUT2D eigenvalue weighted by Crippen LogP contribution is 2.47. The first-order chi connectivity index (χ1) is 49.2. The molecule has 0 saturated heterocycles. The van der Waals surface area contributed by atoms with Crippen molar-refractivity contribution in [3.63, 3.8) is 0 Å². The summed E-state index contributed by atoms with van der Waals surface area (Å²) in [6.45, 7) is 27.3. The Morgan fingerprint density at radius 1 is 0.225 bits per heavy atom. The van der Waals surface area contributed by atoms with Crippen molar-refractivity contribution in [2.24, 2.45) is 0 Å². The van der Waals surface area contributed by atoms with E-state index in [4.69, 9.17) is 4.42 Å². The number of fused-ring (bicyclic) bond motifs is 25. The average Bonchev–Trinajstić information content (AvgIpc) is 1.57. The zero-order valence-electron chi connectivity index (χ0n) is 59.9. The van der Waals surface area contributed by atoms with Crippen molar-refractivity contribution in [1.82, 2.24) is 22.8 Å². The van der Waals surface area contributed by atoms with Gasteiger partial charge in [-0.1, -0.05) is 170 Å². The molecule has 0 aliphatic carbocycles. The van der Waals surface area contributed by atoms with Gasteiger partial charge in [-0.15, -0.1) is 22.7 Å². The Morgan fingerprint density at radius 2 is 0.608 bits per heavy atom. The fourth-order valence-electron chi connectivity index (χ4n) is 16.8. The molecule has 21 rings (SSSR count). The summed E-state index contributed by atoms with van der Waals surface area (Å²) in [7, 11) is 0. The third kappa shape index (κ3) is 10.1. The van der Waals surface area contributed by atoms with E-state index in [1.165, 1.54) is 166 Å². The van der Waals surface area contributed by atoms with Crippen LogP contribution in [0.5, 0.6) is 0 Å². The molecule has 0 aliphatic heterocycles. The lowest BCUT2D eigenvalue weighted by molar-refractivity contribution is 0.423. The zero-order chi connectivity index (χ0) is 69.9. The molecule has 0 amide bonds. The Morgan fingerprint density at radius 3 is 1.16 bits per heavy atom. The number of nitrogens with zero attached hydrogens (tertiary/aromatic N) is 5. The van der Waals surface area contributed by atoms with Gasteiger partial charge >= 0.3 is 0 Å². The predicted octanol–water partition coefficient (Wildman–Crippen LogP) is 27.9. The van der Waals surface area contributed by atoms with Gasteiger partial charge in [-0.2, -0.15) is 0 Å². The van der Waals surface area contributed by atoms with Crippen LogP contribution >= 0.6 is 22.7 Å². The largest absolute Gasteiger partial charge is 0.456 e. The molecule has 0 unspecified atom stereocenters. The Bertz CT molecular complexity index is 6690. The molecule has 21 aromatic rings. The number of aromatic nitrogens is 5. The van der Waals surface area contributed by atoms with E-state index in [1.54, 1.807) is 0 Å². The minimum atomic E-state index is -0.0153. The lowest BCUT2D eigenvalue weighted by atomic mass is 10.1. The fourth-order valence-corrected chi connectivity index (χ4v) is 19.2. The summed E-state index contributed by atoms with van der Waals surface area (Å²) < 4.78 is 23.9. The van der Waals surface area contributed by atoms with Gasteiger partial charge < -0.3 is 27.3 Å². The van der Waals surface area contributed by atoms with Crippen molar-refractivity contribution in [2.75, 3.05) is 0 Å². The Hall–Kier alpha value is -10.9. The number of hydrogen-bond acceptors (Lipinski definition) is 3. The van der Waals surface area contributed by atoms with Crippen LogP contribution in [0.1, 0.15) is 83.1 Å². The molecule has 0 radical (unpaired) electrons. The minimum absolute atomic E-state index is 0.00104. The second-order valence-corrected chi connectivity index (χ2v) is 33.7. The van der Waals surface area contributed by atoms with E-state index in [9.17, 15) is 0 Å². The van der Waals surface area contributed by atoms with Crippen molar-refractivity contribution in [2.45, 2.75) is 105 Å². The monoisotopic (exact) mass is 1360 g/mol. The molecule has 102 heavy (non-hydrogen) atoms. The highest BCUT2D eigenvalue weighted by atomic mass is 32.1. The Balaban J connectivity index is 0.0000000979. The number of thiophene rings is 2. The fraction of sp³-hybridized carbons (Fsp3) is 0.170. The number of furan rings is 1. The Kier molecular flexibility index (Phi) is 14.5. The number of para-hydroxylation sites is 7. The lowest BCUT2D eigenvalue weighted by Gasteiger charge is -2.24. The average molecular weight is 1360 g/mol. The maximum atomic E-state index is 6.11. The maximum Gasteiger partial charge on any atom is 0.137 e. The topological polar surface area (TPSA) is 37.8 Å². The van der Waals surface area contributed by atoms with Crippen molar-refractivity contribution < 1.29 is 4.42 Å². The quantitative estimate of drug-likeness (QED) is 0.161. The van der Waals surface area contributed by atoms with E-state index in [2.05, 4.69) is 367 Å². The van der Waals surface area contributed by atoms with Crippen LogP contribution in [0.4, 0.5) is 0 Å². The van der Waals surface area contributed by atoms with Gasteiger partial charge in [0.1, 0.15) is 11.2 Å². The predicted molar refractivity (Wildman–Crippen MR) is 445 cm³/mol. The molecule has 500 valence electrons. The van der Waals surface area contributed by atoms with E-state index in [1.807, 2.05) is 34.8 Å². The third-order valence-electron chi connectivity index (χ3n) is 20.7. The number of hydrogen-bond donors (Lipinski definition) is 0. The zero-order valence-corrected chi connectivity index (χ0v) is 61.6. The summed E-state index contributed by atoms with van der Waals surface area (Å²) in [5.74, 6) is 0. The van der Waals surface area contributed by atoms with Crippen LogP contribution in [-0.2, 0) is 22.2 Å². The minimum Gasteiger partial charge on any atom is -0.456 e. The van der Waals surface area contributed by atoms with Crippen LogP contribution in [-0.4, -0.2) is 22.8 Å². The summed E-state index contributed by atoms with van der Waals surface area (Å²) in [4.78, 5) is 0. The molecule has 0 spiro atoms. The van der Waals surface area contributed by atoms with Gasteiger partial charge in [0.25, 0.3) is 0 Å². The maximum absolute atomic E-state index is 6.11. The Labute approximate surface area is 601 Å². The number of rotatable bonds is 1. The van der Waals surface area contributed by atoms with Gasteiger partial charge in [-0.05, 0) is 180 Å². The normalized spacial score (nSPS) is 12.7. The molecule has 0 fully saturated rings. The second-order valence-electron chi connectivity index (χ2n) is 31.5. The molecule has 0 N–H and O–H groups in total. The van der Waals surface area contributed by atoms with Crippen molar-refractivity contribution >= 4 is 194 Å². The summed E-state index contributed by atoms with van der Waals surface area (Å²) in [5.41, 5.74) is 16.1. The van der Waals surface area contributed by atoms with Crippen LogP contribution in [0.3, 0.4) is 0 Å². The van der Waals surface area contributed by atoms with E-state index in [0.29, 0.717) is 0 Å². The highest BCUT2D eigenvalue weighted by molar-refractivity contribution is 7.27. The van der Waals surface area contributed by atoms with Gasteiger partial charge in [0.15, 0.2) is 0 Å². The molecule has 8 heterocycles. The number of benzene rings is 13. The molecule has 13 aromatic carbocycles. The molecule has 0 aliphatic rings. The molecule has 0 saturated carbocycles. The molecule has 0 bridgehead atoms. The van der Waals surface area contributed by atoms with E-state index in [-0.39, 0.29) is 22.2 Å². The molecule has 8 heteroatoms. The van der Waals surface area contributed by atoms with Gasteiger partial charge in [-0.3, -0.25) is 0 Å².